The minimum Gasteiger partial charge on any atom is -0.477 e. The number of nitrogens with one attached hydrogen (secondary N) is 1. The van der Waals surface area contributed by atoms with Gasteiger partial charge in [0.1, 0.15) is 21.8 Å². The summed E-state index contributed by atoms with van der Waals surface area (Å²) in [6.45, 7) is 0. The van der Waals surface area contributed by atoms with E-state index in [1.165, 1.54) is 39.4 Å². The molecule has 2 N–H and O–H groups in total. The number of aliphatic carboxylic acids is 1. The number of fused-ring (bicyclic) bond motifs is 2. The molecule has 2 unspecified atom stereocenters. The van der Waals surface area contributed by atoms with Crippen LogP contribution in [0.2, 0.25) is 0 Å². The first-order valence-electron chi connectivity index (χ1n) is 10.5. The number of carbonyl (C=O) groups excluding carboxylic acids is 2. The van der Waals surface area contributed by atoms with Crippen LogP contribution in [0, 0.1) is 10.1 Å². The van der Waals surface area contributed by atoms with Crippen LogP contribution in [-0.4, -0.2) is 49.9 Å². The lowest BCUT2D eigenvalue weighted by Gasteiger charge is -2.49. The average Bonchev–Trinajstić information content (AvgIpc) is 3.52. The monoisotopic (exact) mass is 593 g/mol. The van der Waals surface area contributed by atoms with Crippen molar-refractivity contribution in [3.05, 3.63) is 76.9 Å². The molecule has 0 spiro atoms. The van der Waals surface area contributed by atoms with E-state index in [1.807, 2.05) is 17.5 Å². The first-order valence-corrected chi connectivity index (χ1v) is 15.0. The molecule has 2 aliphatic heterocycles. The fraction of sp³-hybridized carbons (Fsp3) is 0.182. The summed E-state index contributed by atoms with van der Waals surface area (Å²) in [7, 11) is 0. The number of carboxylic acid groups (broad SMARTS) is 1. The normalized spacial score (nSPS) is 19.2. The molecule has 0 radical (unpaired) electrons. The maximum atomic E-state index is 12.8. The predicted octanol–water partition coefficient (Wildman–Crippen LogP) is 3.88. The van der Waals surface area contributed by atoms with Gasteiger partial charge in [-0.2, -0.15) is 0 Å². The third-order valence-electron chi connectivity index (χ3n) is 5.48. The first kappa shape index (κ1) is 25.7. The van der Waals surface area contributed by atoms with Gasteiger partial charge in [0.15, 0.2) is 5.43 Å². The topological polar surface area (TPSA) is 147 Å². The highest BCUT2D eigenvalue weighted by molar-refractivity contribution is 8.04. The number of hydrogen-bond acceptors (Lipinski definition) is 11. The van der Waals surface area contributed by atoms with E-state index in [-0.39, 0.29) is 29.1 Å². The van der Waals surface area contributed by atoms with Crippen molar-refractivity contribution in [1.29, 1.82) is 0 Å². The van der Waals surface area contributed by atoms with Crippen LogP contribution in [-0.2, 0) is 20.8 Å². The van der Waals surface area contributed by atoms with Gasteiger partial charge in [-0.3, -0.25) is 29.4 Å². The molecule has 0 aromatic carbocycles. The molecule has 0 aliphatic carbocycles. The van der Waals surface area contributed by atoms with Crippen molar-refractivity contribution in [2.24, 2.45) is 0 Å². The Bertz CT molecular complexity index is 1560. The van der Waals surface area contributed by atoms with Crippen LogP contribution in [0.15, 0.2) is 60.7 Å². The molecule has 37 heavy (non-hydrogen) atoms. The number of amides is 2. The summed E-state index contributed by atoms with van der Waals surface area (Å²) < 4.78 is 1.14. The first-order chi connectivity index (χ1) is 17.7. The number of hydrogen-bond donors (Lipinski definition) is 2. The lowest BCUT2D eigenvalue weighted by atomic mass is 10.0. The number of rotatable bonds is 8. The van der Waals surface area contributed by atoms with Gasteiger partial charge in [0.2, 0.25) is 5.91 Å². The van der Waals surface area contributed by atoms with Gasteiger partial charge >= 0.3 is 5.97 Å². The zero-order valence-electron chi connectivity index (χ0n) is 18.4. The number of thiophene rings is 2. The van der Waals surface area contributed by atoms with Crippen molar-refractivity contribution in [1.82, 2.24) is 10.2 Å². The SMILES string of the molecule is O=C(Cc1cccs1)NC1C(=O)N2C(C(=O)O)=C(/C=C/Sc3cc(=O)c4scc([N+](=O)[O-])c4s3)CSC12. The minimum atomic E-state index is -1.26. The van der Waals surface area contributed by atoms with Crippen LogP contribution in [0.1, 0.15) is 4.88 Å². The molecule has 0 saturated carbocycles. The molecule has 5 rings (SSSR count). The summed E-state index contributed by atoms with van der Waals surface area (Å²) in [4.78, 5) is 62.3. The highest BCUT2D eigenvalue weighted by Gasteiger charge is 2.53. The van der Waals surface area contributed by atoms with Crippen LogP contribution in [0.5, 0.6) is 0 Å². The lowest BCUT2D eigenvalue weighted by molar-refractivity contribution is -0.382. The molecule has 3 aromatic heterocycles. The number of carbonyl (C=O) groups is 3. The van der Waals surface area contributed by atoms with Crippen molar-refractivity contribution in [3.63, 3.8) is 0 Å². The van der Waals surface area contributed by atoms with Crippen LogP contribution in [0.25, 0.3) is 9.40 Å². The van der Waals surface area contributed by atoms with E-state index in [0.29, 0.717) is 24.9 Å². The molecule has 15 heteroatoms. The van der Waals surface area contributed by atoms with E-state index in [0.717, 1.165) is 39.3 Å². The summed E-state index contributed by atoms with van der Waals surface area (Å²) in [5.41, 5.74) is -0.172. The lowest BCUT2D eigenvalue weighted by Crippen LogP contribution is -2.70. The quantitative estimate of drug-likeness (QED) is 0.172. The summed E-state index contributed by atoms with van der Waals surface area (Å²) in [6, 6.07) is 4.26. The summed E-state index contributed by atoms with van der Waals surface area (Å²) in [6.07, 6.45) is 1.72. The molecular formula is C22H15N3O7S5. The Morgan fingerprint density at radius 3 is 2.81 bits per heavy atom. The predicted molar refractivity (Wildman–Crippen MR) is 145 cm³/mol. The third-order valence-corrected chi connectivity index (χ3v) is 10.9. The molecule has 5 heterocycles. The van der Waals surface area contributed by atoms with E-state index in [1.54, 1.807) is 11.5 Å². The number of β-lactam (4-membered cyclic amide) rings is 1. The second-order valence-electron chi connectivity index (χ2n) is 7.78. The number of thioether (sulfide) groups is 2. The Labute approximate surface area is 228 Å². The molecule has 1 saturated heterocycles. The Morgan fingerprint density at radius 1 is 1.30 bits per heavy atom. The number of nitro groups is 1. The standard InChI is InChI=1S/C22H15N3O7S5/c26-13-7-15(37-18-12(25(31)32)9-35-19(13)18)34-5-3-10-8-36-21-16(20(28)24(21)17(10)22(29)30)23-14(27)6-11-2-1-4-33-11/h1-5,7,9,16,21H,6,8H2,(H,23,27)(H,29,30)/b5-3+. The Balaban J connectivity index is 1.31. The number of nitrogens with zero attached hydrogens (tertiary/aromatic N) is 2. The summed E-state index contributed by atoms with van der Waals surface area (Å²) in [5.74, 6) is -1.74. The van der Waals surface area contributed by atoms with Crippen LogP contribution in [0.4, 0.5) is 5.69 Å². The van der Waals surface area contributed by atoms with Crippen molar-refractivity contribution in [2.75, 3.05) is 5.75 Å². The van der Waals surface area contributed by atoms with Crippen molar-refractivity contribution in [3.8, 4) is 0 Å². The van der Waals surface area contributed by atoms with Gasteiger partial charge in [0, 0.05) is 16.7 Å². The maximum Gasteiger partial charge on any atom is 0.352 e. The molecule has 1 fully saturated rings. The Kier molecular flexibility index (Phi) is 7.22. The zero-order valence-corrected chi connectivity index (χ0v) is 22.5. The third kappa shape index (κ3) is 4.96. The zero-order chi connectivity index (χ0) is 26.3. The second kappa shape index (κ2) is 10.4. The Morgan fingerprint density at radius 2 is 2.11 bits per heavy atom. The molecule has 0 bridgehead atoms. The second-order valence-corrected chi connectivity index (χ2v) is 13.1. The highest BCUT2D eigenvalue weighted by atomic mass is 32.2. The maximum absolute atomic E-state index is 12.8. The number of allylic oxidation sites excluding steroid dienone is 1. The van der Waals surface area contributed by atoms with Crippen molar-refractivity contribution < 1.29 is 24.4 Å². The summed E-state index contributed by atoms with van der Waals surface area (Å²) in [5, 5.41) is 28.1. The molecule has 190 valence electrons. The van der Waals surface area contributed by atoms with Gasteiger partial charge in [-0.1, -0.05) is 17.8 Å². The van der Waals surface area contributed by atoms with E-state index in [4.69, 9.17) is 0 Å². The average molecular weight is 594 g/mol. The molecular weight excluding hydrogens is 579 g/mol. The summed E-state index contributed by atoms with van der Waals surface area (Å²) >= 11 is 6.07. The van der Waals surface area contributed by atoms with Crippen LogP contribution < -0.4 is 10.7 Å². The molecule has 2 amide bonds. The Hall–Kier alpha value is -2.98. The fourth-order valence-electron chi connectivity index (χ4n) is 3.84. The van der Waals surface area contributed by atoms with Crippen LogP contribution in [0.3, 0.4) is 0 Å². The van der Waals surface area contributed by atoms with Gasteiger partial charge in [-0.25, -0.2) is 4.79 Å². The molecule has 3 aromatic rings. The van der Waals surface area contributed by atoms with Gasteiger partial charge in [0.25, 0.3) is 11.6 Å². The van der Waals surface area contributed by atoms with E-state index in [2.05, 4.69) is 5.32 Å². The smallest absolute Gasteiger partial charge is 0.352 e. The largest absolute Gasteiger partial charge is 0.477 e. The number of carboxylic acids is 1. The van der Waals surface area contributed by atoms with Gasteiger partial charge in [-0.15, -0.1) is 45.8 Å². The van der Waals surface area contributed by atoms with E-state index >= 15 is 0 Å². The van der Waals surface area contributed by atoms with Gasteiger partial charge < -0.3 is 10.4 Å². The van der Waals surface area contributed by atoms with Gasteiger partial charge in [0.05, 0.1) is 25.6 Å². The fourth-order valence-corrected chi connectivity index (χ4v) is 8.98. The van der Waals surface area contributed by atoms with Crippen molar-refractivity contribution >= 4 is 90.4 Å². The molecule has 2 aliphatic rings. The molecule has 2 atom stereocenters. The van der Waals surface area contributed by atoms with Crippen LogP contribution >= 0.6 is 57.5 Å². The van der Waals surface area contributed by atoms with E-state index in [9.17, 15) is 34.4 Å². The highest BCUT2D eigenvalue weighted by Crippen LogP contribution is 2.41. The minimum absolute atomic E-state index is 0.118. The van der Waals surface area contributed by atoms with Crippen molar-refractivity contribution in [2.45, 2.75) is 22.0 Å². The molecule has 10 nitrogen and oxygen atoms in total. The van der Waals surface area contributed by atoms with E-state index < -0.39 is 28.2 Å². The van der Waals surface area contributed by atoms with Gasteiger partial charge in [-0.05, 0) is 28.5 Å².